The molecule has 0 bridgehead atoms. The van der Waals surface area contributed by atoms with Crippen LogP contribution >= 0.6 is 0 Å². The van der Waals surface area contributed by atoms with E-state index in [4.69, 9.17) is 9.98 Å². The third-order valence-corrected chi connectivity index (χ3v) is 5.34. The first-order valence-electron chi connectivity index (χ1n) is 9.65. The van der Waals surface area contributed by atoms with Gasteiger partial charge in [-0.1, -0.05) is 72.8 Å². The van der Waals surface area contributed by atoms with Crippen LogP contribution in [0.5, 0.6) is 0 Å². The molecule has 2 heterocycles. The van der Waals surface area contributed by atoms with E-state index in [0.29, 0.717) is 0 Å². The van der Waals surface area contributed by atoms with Crippen molar-refractivity contribution < 1.29 is 0 Å². The molecule has 0 N–H and O–H groups in total. The SMILES string of the molecule is C1=Nc2c(ccc3c(-c4ccccc4)ccnc23)CCC(c2ccccc2)=C1. The van der Waals surface area contributed by atoms with Gasteiger partial charge in [0.05, 0.1) is 11.2 Å². The van der Waals surface area contributed by atoms with Crippen LogP contribution in [0.4, 0.5) is 5.69 Å². The van der Waals surface area contributed by atoms with E-state index in [1.54, 1.807) is 0 Å². The number of hydrogen-bond donors (Lipinski definition) is 0. The Morgan fingerprint density at radius 3 is 2.21 bits per heavy atom. The highest BCUT2D eigenvalue weighted by Crippen LogP contribution is 2.36. The average molecular weight is 360 g/mol. The van der Waals surface area contributed by atoms with E-state index in [9.17, 15) is 0 Å². The normalized spacial score (nSPS) is 13.5. The fourth-order valence-electron chi connectivity index (χ4n) is 3.91. The zero-order valence-corrected chi connectivity index (χ0v) is 15.5. The summed E-state index contributed by atoms with van der Waals surface area (Å²) in [5, 5.41) is 1.15. The van der Waals surface area contributed by atoms with Crippen LogP contribution in [0.15, 0.2) is 96.1 Å². The minimum atomic E-state index is 0.959. The van der Waals surface area contributed by atoms with E-state index in [2.05, 4.69) is 78.9 Å². The molecule has 0 amide bonds. The molecule has 1 aliphatic heterocycles. The molecule has 0 unspecified atom stereocenters. The maximum Gasteiger partial charge on any atom is 0.0967 e. The summed E-state index contributed by atoms with van der Waals surface area (Å²) in [5.41, 5.74) is 8.22. The summed E-state index contributed by atoms with van der Waals surface area (Å²) in [5.74, 6) is 0. The quantitative estimate of drug-likeness (QED) is 0.394. The molecular formula is C26H20N2. The summed E-state index contributed by atoms with van der Waals surface area (Å²) < 4.78 is 0. The smallest absolute Gasteiger partial charge is 0.0967 e. The predicted molar refractivity (Wildman–Crippen MR) is 118 cm³/mol. The molecule has 4 aromatic rings. The Hall–Kier alpha value is -3.52. The summed E-state index contributed by atoms with van der Waals surface area (Å²) in [6.07, 6.45) is 7.91. The molecular weight excluding hydrogens is 340 g/mol. The highest BCUT2D eigenvalue weighted by atomic mass is 14.8. The van der Waals surface area contributed by atoms with Crippen molar-refractivity contribution in [3.8, 4) is 11.1 Å². The van der Waals surface area contributed by atoms with Gasteiger partial charge in [-0.3, -0.25) is 9.98 Å². The first-order valence-corrected chi connectivity index (χ1v) is 9.65. The van der Waals surface area contributed by atoms with Gasteiger partial charge in [0.15, 0.2) is 0 Å². The molecule has 134 valence electrons. The second-order valence-corrected chi connectivity index (χ2v) is 7.03. The van der Waals surface area contributed by atoms with Crippen LogP contribution in [-0.2, 0) is 6.42 Å². The van der Waals surface area contributed by atoms with Gasteiger partial charge < -0.3 is 0 Å². The highest BCUT2D eigenvalue weighted by Gasteiger charge is 2.14. The van der Waals surface area contributed by atoms with Crippen LogP contribution in [0.25, 0.3) is 27.6 Å². The first kappa shape index (κ1) is 16.6. The lowest BCUT2D eigenvalue weighted by Crippen LogP contribution is -1.96. The van der Waals surface area contributed by atoms with Gasteiger partial charge in [0.25, 0.3) is 0 Å². The molecule has 1 aliphatic rings. The number of rotatable bonds is 2. The fourth-order valence-corrected chi connectivity index (χ4v) is 3.91. The van der Waals surface area contributed by atoms with E-state index < -0.39 is 0 Å². The lowest BCUT2D eigenvalue weighted by Gasteiger charge is -2.15. The Morgan fingerprint density at radius 1 is 0.679 bits per heavy atom. The zero-order chi connectivity index (χ0) is 18.8. The third kappa shape index (κ3) is 3.03. The molecule has 5 rings (SSSR count). The van der Waals surface area contributed by atoms with Gasteiger partial charge in [0.2, 0.25) is 0 Å². The van der Waals surface area contributed by atoms with Crippen molar-refractivity contribution in [2.24, 2.45) is 4.99 Å². The first-order chi connectivity index (χ1) is 13.9. The number of nitrogens with zero attached hydrogens (tertiary/aromatic N) is 2. The van der Waals surface area contributed by atoms with Crippen LogP contribution in [0.3, 0.4) is 0 Å². The summed E-state index contributed by atoms with van der Waals surface area (Å²) >= 11 is 0. The number of fused-ring (bicyclic) bond motifs is 3. The number of aryl methyl sites for hydroxylation is 1. The Labute approximate surface area is 164 Å². The topological polar surface area (TPSA) is 25.2 Å². The Morgan fingerprint density at radius 2 is 1.43 bits per heavy atom. The molecule has 0 atom stereocenters. The average Bonchev–Trinajstić information content (AvgIpc) is 2.75. The van der Waals surface area contributed by atoms with Gasteiger partial charge in [-0.15, -0.1) is 0 Å². The van der Waals surface area contributed by atoms with E-state index in [1.165, 1.54) is 27.8 Å². The molecule has 2 heteroatoms. The lowest BCUT2D eigenvalue weighted by molar-refractivity contribution is 1.01. The largest absolute Gasteiger partial charge is 0.254 e. The second-order valence-electron chi connectivity index (χ2n) is 7.03. The van der Waals surface area contributed by atoms with E-state index >= 15 is 0 Å². The third-order valence-electron chi connectivity index (χ3n) is 5.34. The summed E-state index contributed by atoms with van der Waals surface area (Å²) in [4.78, 5) is 9.52. The molecule has 3 aromatic carbocycles. The van der Waals surface area contributed by atoms with Crippen LogP contribution in [0, 0.1) is 0 Å². The molecule has 0 aliphatic carbocycles. The fraction of sp³-hybridized carbons (Fsp3) is 0.0769. The van der Waals surface area contributed by atoms with Crippen molar-refractivity contribution in [1.82, 2.24) is 4.98 Å². The lowest BCUT2D eigenvalue weighted by atomic mass is 9.94. The van der Waals surface area contributed by atoms with Crippen LogP contribution in [-0.4, -0.2) is 11.2 Å². The van der Waals surface area contributed by atoms with Gasteiger partial charge >= 0.3 is 0 Å². The summed E-state index contributed by atoms with van der Waals surface area (Å²) in [6, 6.07) is 27.5. The monoisotopic (exact) mass is 360 g/mol. The number of hydrogen-bond acceptors (Lipinski definition) is 2. The highest BCUT2D eigenvalue weighted by molar-refractivity contribution is 6.02. The molecule has 2 nitrogen and oxygen atoms in total. The number of pyridine rings is 1. The van der Waals surface area contributed by atoms with Crippen molar-refractivity contribution in [3.63, 3.8) is 0 Å². The standard InChI is InChI=1S/C26H20N2/c1-3-7-19(8-4-1)20-11-12-22-13-14-24-23(21-9-5-2-6-10-21)16-18-28-26(24)25(22)27-17-15-20/h1-10,13-18H,11-12H2. The van der Waals surface area contributed by atoms with E-state index in [1.807, 2.05) is 18.5 Å². The number of benzene rings is 3. The van der Waals surface area contributed by atoms with Crippen LogP contribution in [0.1, 0.15) is 17.5 Å². The van der Waals surface area contributed by atoms with Gasteiger partial charge in [0.1, 0.15) is 0 Å². The minimum Gasteiger partial charge on any atom is -0.254 e. The van der Waals surface area contributed by atoms with Crippen molar-refractivity contribution in [2.75, 3.05) is 0 Å². The zero-order valence-electron chi connectivity index (χ0n) is 15.5. The molecule has 0 saturated carbocycles. The minimum absolute atomic E-state index is 0.959. The maximum absolute atomic E-state index is 4.82. The summed E-state index contributed by atoms with van der Waals surface area (Å²) in [7, 11) is 0. The van der Waals surface area contributed by atoms with Gasteiger partial charge in [-0.2, -0.15) is 0 Å². The van der Waals surface area contributed by atoms with Crippen LogP contribution in [0.2, 0.25) is 0 Å². The van der Waals surface area contributed by atoms with Gasteiger partial charge in [0, 0.05) is 17.8 Å². The maximum atomic E-state index is 4.82. The van der Waals surface area contributed by atoms with Gasteiger partial charge in [-0.25, -0.2) is 0 Å². The number of aromatic nitrogens is 1. The van der Waals surface area contributed by atoms with Gasteiger partial charge in [-0.05, 0) is 52.8 Å². The van der Waals surface area contributed by atoms with Crippen molar-refractivity contribution in [3.05, 3.63) is 102 Å². The second kappa shape index (κ2) is 7.24. The van der Waals surface area contributed by atoms with E-state index in [0.717, 1.165) is 29.4 Å². The molecule has 0 spiro atoms. The Bertz CT molecular complexity index is 1190. The molecule has 28 heavy (non-hydrogen) atoms. The van der Waals surface area contributed by atoms with Crippen molar-refractivity contribution in [1.29, 1.82) is 0 Å². The van der Waals surface area contributed by atoms with Crippen LogP contribution < -0.4 is 0 Å². The summed E-state index contributed by atoms with van der Waals surface area (Å²) in [6.45, 7) is 0. The van der Waals surface area contributed by atoms with E-state index in [-0.39, 0.29) is 0 Å². The van der Waals surface area contributed by atoms with Crippen molar-refractivity contribution in [2.45, 2.75) is 12.8 Å². The molecule has 0 radical (unpaired) electrons. The molecule has 0 saturated heterocycles. The molecule has 1 aromatic heterocycles. The number of allylic oxidation sites excluding steroid dienone is 2. The molecule has 0 fully saturated rings. The number of aliphatic imine (C=N–C) groups is 1. The van der Waals surface area contributed by atoms with Crippen molar-refractivity contribution >= 4 is 28.4 Å². The Balaban J connectivity index is 1.62. The predicted octanol–water partition coefficient (Wildman–Crippen LogP) is 6.63. The Kier molecular flexibility index (Phi) is 4.30.